The van der Waals surface area contributed by atoms with Crippen molar-refractivity contribution in [2.45, 2.75) is 68.7 Å². The zero-order chi connectivity index (χ0) is 26.3. The van der Waals surface area contributed by atoms with Crippen LogP contribution in [0.5, 0.6) is 0 Å². The largest absolute Gasteiger partial charge is 0.406 e. The number of fused-ring (bicyclic) bond motifs is 1. The average molecular weight is 536 g/mol. The van der Waals surface area contributed by atoms with Gasteiger partial charge in [-0.3, -0.25) is 0 Å². The molecule has 2 aliphatic rings. The van der Waals surface area contributed by atoms with Gasteiger partial charge in [-0.2, -0.15) is 4.31 Å². The predicted molar refractivity (Wildman–Crippen MR) is 150 cm³/mol. The van der Waals surface area contributed by atoms with E-state index in [-0.39, 0.29) is 23.3 Å². The number of aryl methyl sites for hydroxylation is 1. The summed E-state index contributed by atoms with van der Waals surface area (Å²) in [5, 5.41) is 2.22. The molecular formula is C30H37NO4SSi. The average Bonchev–Trinajstić information content (AvgIpc) is 3.65. The van der Waals surface area contributed by atoms with Gasteiger partial charge < -0.3 is 9.16 Å². The number of benzene rings is 3. The van der Waals surface area contributed by atoms with E-state index >= 15 is 0 Å². The van der Waals surface area contributed by atoms with Crippen molar-refractivity contribution in [3.63, 3.8) is 0 Å². The summed E-state index contributed by atoms with van der Waals surface area (Å²) >= 11 is 0. The van der Waals surface area contributed by atoms with E-state index in [1.807, 2.05) is 31.2 Å². The Morgan fingerprint density at radius 2 is 1.43 bits per heavy atom. The predicted octanol–water partition coefficient (Wildman–Crippen LogP) is 4.49. The summed E-state index contributed by atoms with van der Waals surface area (Å²) in [4.78, 5) is 0.327. The maximum absolute atomic E-state index is 13.9. The number of rotatable bonds is 7. The molecule has 2 saturated heterocycles. The summed E-state index contributed by atoms with van der Waals surface area (Å²) in [6.07, 6.45) is 1.68. The molecule has 3 aromatic rings. The minimum Gasteiger partial charge on any atom is -0.406 e. The van der Waals surface area contributed by atoms with Gasteiger partial charge in [0, 0.05) is 12.6 Å². The fraction of sp³-hybridized carbons (Fsp3) is 0.400. The number of epoxide rings is 1. The highest BCUT2D eigenvalue weighted by molar-refractivity contribution is 7.89. The second-order valence-corrected chi connectivity index (χ2v) is 17.5. The molecule has 0 bridgehead atoms. The molecule has 0 radical (unpaired) electrons. The molecule has 5 rings (SSSR count). The van der Waals surface area contributed by atoms with Crippen LogP contribution in [0, 0.1) is 6.92 Å². The molecule has 7 heteroatoms. The van der Waals surface area contributed by atoms with E-state index in [0.717, 1.165) is 12.0 Å². The first-order valence-corrected chi connectivity index (χ1v) is 16.5. The highest BCUT2D eigenvalue weighted by Gasteiger charge is 2.52. The van der Waals surface area contributed by atoms with Gasteiger partial charge in [-0.05, 0) is 47.3 Å². The van der Waals surface area contributed by atoms with Crippen molar-refractivity contribution >= 4 is 28.7 Å². The maximum atomic E-state index is 13.9. The molecule has 37 heavy (non-hydrogen) atoms. The normalized spacial score (nSPS) is 22.8. The number of sulfonamides is 1. The third kappa shape index (κ3) is 5.08. The van der Waals surface area contributed by atoms with Crippen molar-refractivity contribution in [2.75, 3.05) is 13.2 Å². The van der Waals surface area contributed by atoms with Gasteiger partial charge in [0.2, 0.25) is 10.0 Å². The van der Waals surface area contributed by atoms with Crippen LogP contribution in [0.3, 0.4) is 0 Å². The number of nitrogens with zero attached hydrogens (tertiary/aromatic N) is 1. The highest BCUT2D eigenvalue weighted by atomic mass is 32.2. The molecule has 0 amide bonds. The molecule has 2 heterocycles. The van der Waals surface area contributed by atoms with Gasteiger partial charge in [-0.1, -0.05) is 99.1 Å². The van der Waals surface area contributed by atoms with Crippen LogP contribution < -0.4 is 10.4 Å². The molecular weight excluding hydrogens is 498 g/mol. The zero-order valence-corrected chi connectivity index (χ0v) is 23.9. The molecule has 0 aromatic heterocycles. The lowest BCUT2D eigenvalue weighted by molar-refractivity contribution is 0.171. The van der Waals surface area contributed by atoms with Crippen LogP contribution in [-0.4, -0.2) is 52.4 Å². The lowest BCUT2D eigenvalue weighted by atomic mass is 10.1. The van der Waals surface area contributed by atoms with Gasteiger partial charge in [-0.25, -0.2) is 8.42 Å². The Bertz CT molecular complexity index is 1270. The standard InChI is InChI=1S/C30H37NO4SSi/c1-23-15-18-25(19-16-23)36(32,33)31-21-29-28(35-29)20-17-24(31)22-34-37(30(2,3)4,26-11-7-5-8-12-26)27-13-9-6-10-14-27/h5-16,18-19,24,28-29H,17,20-22H2,1-4H3/t24-,28-,29+/m0/s1. The third-order valence-corrected chi connectivity index (χ3v) is 14.7. The van der Waals surface area contributed by atoms with Crippen LogP contribution in [0.4, 0.5) is 0 Å². The molecule has 2 aliphatic heterocycles. The Balaban J connectivity index is 1.53. The molecule has 0 saturated carbocycles. The maximum Gasteiger partial charge on any atom is 0.261 e. The Kier molecular flexibility index (Phi) is 7.19. The summed E-state index contributed by atoms with van der Waals surface area (Å²) in [7, 11) is -6.48. The van der Waals surface area contributed by atoms with Crippen LogP contribution in [0.15, 0.2) is 89.8 Å². The summed E-state index contributed by atoms with van der Waals surface area (Å²) in [5.41, 5.74) is 1.03. The quantitative estimate of drug-likeness (QED) is 0.330. The van der Waals surface area contributed by atoms with Gasteiger partial charge in [0.15, 0.2) is 0 Å². The minimum atomic E-state index is -3.70. The van der Waals surface area contributed by atoms with Gasteiger partial charge in [0.25, 0.3) is 8.32 Å². The van der Waals surface area contributed by atoms with Crippen molar-refractivity contribution in [3.05, 3.63) is 90.5 Å². The van der Waals surface area contributed by atoms with Crippen molar-refractivity contribution in [1.82, 2.24) is 4.31 Å². The minimum absolute atomic E-state index is 0.0295. The van der Waals surface area contributed by atoms with Crippen LogP contribution in [0.25, 0.3) is 0 Å². The zero-order valence-electron chi connectivity index (χ0n) is 22.1. The van der Waals surface area contributed by atoms with Gasteiger partial charge in [0.05, 0.1) is 23.7 Å². The Morgan fingerprint density at radius 1 is 0.865 bits per heavy atom. The van der Waals surface area contributed by atoms with Crippen molar-refractivity contribution in [1.29, 1.82) is 0 Å². The molecule has 0 spiro atoms. The van der Waals surface area contributed by atoms with E-state index in [4.69, 9.17) is 9.16 Å². The number of hydrogen-bond donors (Lipinski definition) is 0. The number of ether oxygens (including phenoxy) is 1. The smallest absolute Gasteiger partial charge is 0.261 e. The van der Waals surface area contributed by atoms with Crippen LogP contribution in [0.2, 0.25) is 5.04 Å². The molecule has 196 valence electrons. The van der Waals surface area contributed by atoms with Crippen molar-refractivity contribution < 1.29 is 17.6 Å². The van der Waals surface area contributed by atoms with E-state index in [9.17, 15) is 8.42 Å². The molecule has 0 aliphatic carbocycles. The van der Waals surface area contributed by atoms with Gasteiger partial charge in [0.1, 0.15) is 0 Å². The Labute approximate surface area is 222 Å². The summed E-state index contributed by atoms with van der Waals surface area (Å²) in [5.74, 6) is 0. The second kappa shape index (κ2) is 10.1. The van der Waals surface area contributed by atoms with Gasteiger partial charge in [-0.15, -0.1) is 0 Å². The molecule has 5 nitrogen and oxygen atoms in total. The van der Waals surface area contributed by atoms with E-state index in [1.54, 1.807) is 16.4 Å². The molecule has 0 unspecified atom stereocenters. The highest BCUT2D eigenvalue weighted by Crippen LogP contribution is 2.39. The summed E-state index contributed by atoms with van der Waals surface area (Å²) < 4.78 is 42.5. The lowest BCUT2D eigenvalue weighted by Gasteiger charge is -2.44. The van der Waals surface area contributed by atoms with Gasteiger partial charge >= 0.3 is 0 Å². The first kappa shape index (κ1) is 26.3. The first-order chi connectivity index (χ1) is 17.6. The fourth-order valence-electron chi connectivity index (χ4n) is 5.71. The van der Waals surface area contributed by atoms with E-state index in [1.165, 1.54) is 10.4 Å². The van der Waals surface area contributed by atoms with Crippen LogP contribution in [0.1, 0.15) is 39.2 Å². The summed E-state index contributed by atoms with van der Waals surface area (Å²) in [6.45, 7) is 9.42. The topological polar surface area (TPSA) is 59.1 Å². The van der Waals surface area contributed by atoms with E-state index < -0.39 is 18.3 Å². The molecule has 0 N–H and O–H groups in total. The molecule has 2 fully saturated rings. The Morgan fingerprint density at radius 3 is 1.97 bits per heavy atom. The summed E-state index contributed by atoms with van der Waals surface area (Å²) in [6, 6.07) is 27.9. The van der Waals surface area contributed by atoms with E-state index in [2.05, 4.69) is 69.3 Å². The first-order valence-electron chi connectivity index (χ1n) is 13.1. The fourth-order valence-corrected chi connectivity index (χ4v) is 12.0. The van der Waals surface area contributed by atoms with Crippen molar-refractivity contribution in [2.24, 2.45) is 0 Å². The van der Waals surface area contributed by atoms with Crippen molar-refractivity contribution in [3.8, 4) is 0 Å². The Hall–Kier alpha value is -2.29. The SMILES string of the molecule is Cc1ccc(S(=O)(=O)N2C[C@H]3O[C@H]3CC[C@H]2CO[Si](c2ccccc2)(c2ccccc2)C(C)(C)C)cc1. The molecule has 3 aromatic carbocycles. The monoisotopic (exact) mass is 535 g/mol. The molecule has 3 atom stereocenters. The van der Waals surface area contributed by atoms with Crippen LogP contribution in [-0.2, 0) is 19.2 Å². The lowest BCUT2D eigenvalue weighted by Crippen LogP contribution is -2.67. The van der Waals surface area contributed by atoms with E-state index in [0.29, 0.717) is 24.5 Å². The van der Waals surface area contributed by atoms with Crippen LogP contribution >= 0.6 is 0 Å². The second-order valence-electron chi connectivity index (χ2n) is 11.3. The third-order valence-electron chi connectivity index (χ3n) is 7.78. The number of hydrogen-bond acceptors (Lipinski definition) is 4.